The van der Waals surface area contributed by atoms with Crippen LogP contribution in [-0.2, 0) is 6.54 Å². The van der Waals surface area contributed by atoms with Gasteiger partial charge in [0, 0.05) is 6.54 Å². The molecule has 2 rings (SSSR count). The summed E-state index contributed by atoms with van der Waals surface area (Å²) in [6.07, 6.45) is 0. The number of aryl methyl sites for hydroxylation is 3. The Balaban J connectivity index is 2.55. The lowest BCUT2D eigenvalue weighted by atomic mass is 10.0. The number of benzene rings is 1. The molecule has 0 aliphatic rings. The third kappa shape index (κ3) is 1.69. The van der Waals surface area contributed by atoms with Crippen LogP contribution in [0.25, 0.3) is 11.1 Å². The van der Waals surface area contributed by atoms with E-state index in [0.29, 0.717) is 6.54 Å². The molecule has 84 valence electrons. The standard InChI is InChI=1S/C13H16N2O/c1-4-15-13(16)12(10(3)14-15)11-7-5-9(2)6-8-11/h5-8,16H,4H2,1-3H3. The molecule has 0 saturated heterocycles. The van der Waals surface area contributed by atoms with E-state index in [1.807, 2.05) is 45.0 Å². The average molecular weight is 216 g/mol. The first kappa shape index (κ1) is 10.7. The fourth-order valence-corrected chi connectivity index (χ4v) is 1.85. The molecular formula is C13H16N2O. The maximum atomic E-state index is 10.0. The highest BCUT2D eigenvalue weighted by molar-refractivity contribution is 5.71. The number of nitrogens with zero attached hydrogens (tertiary/aromatic N) is 2. The van der Waals surface area contributed by atoms with Gasteiger partial charge in [-0.2, -0.15) is 5.10 Å². The van der Waals surface area contributed by atoms with Gasteiger partial charge in [0.05, 0.1) is 11.3 Å². The molecule has 0 radical (unpaired) electrons. The molecule has 1 aromatic heterocycles. The first-order valence-electron chi connectivity index (χ1n) is 5.47. The number of rotatable bonds is 2. The molecule has 1 heterocycles. The van der Waals surface area contributed by atoms with E-state index < -0.39 is 0 Å². The summed E-state index contributed by atoms with van der Waals surface area (Å²) in [4.78, 5) is 0. The maximum absolute atomic E-state index is 10.0. The highest BCUT2D eigenvalue weighted by atomic mass is 16.3. The fourth-order valence-electron chi connectivity index (χ4n) is 1.85. The topological polar surface area (TPSA) is 38.0 Å². The summed E-state index contributed by atoms with van der Waals surface area (Å²) < 4.78 is 1.62. The van der Waals surface area contributed by atoms with Crippen LogP contribution in [-0.4, -0.2) is 14.9 Å². The van der Waals surface area contributed by atoms with Crippen molar-refractivity contribution in [2.75, 3.05) is 0 Å². The van der Waals surface area contributed by atoms with Crippen molar-refractivity contribution in [2.24, 2.45) is 0 Å². The van der Waals surface area contributed by atoms with Gasteiger partial charge in [-0.25, -0.2) is 4.68 Å². The predicted octanol–water partition coefficient (Wildman–Crippen LogP) is 2.89. The second-order valence-corrected chi connectivity index (χ2v) is 3.97. The third-order valence-electron chi connectivity index (χ3n) is 2.74. The van der Waals surface area contributed by atoms with Gasteiger partial charge in [0.2, 0.25) is 5.88 Å². The normalized spacial score (nSPS) is 10.7. The van der Waals surface area contributed by atoms with Gasteiger partial charge in [0.1, 0.15) is 0 Å². The number of aromatic hydroxyl groups is 1. The summed E-state index contributed by atoms with van der Waals surface area (Å²) in [5.74, 6) is 0.254. The van der Waals surface area contributed by atoms with Crippen LogP contribution in [0, 0.1) is 13.8 Å². The van der Waals surface area contributed by atoms with Gasteiger partial charge in [-0.05, 0) is 26.3 Å². The summed E-state index contributed by atoms with van der Waals surface area (Å²) in [5, 5.41) is 14.3. The monoisotopic (exact) mass is 216 g/mol. The summed E-state index contributed by atoms with van der Waals surface area (Å²) in [7, 11) is 0. The van der Waals surface area contributed by atoms with E-state index in [-0.39, 0.29) is 5.88 Å². The first-order chi connectivity index (χ1) is 7.63. The lowest BCUT2D eigenvalue weighted by Gasteiger charge is -2.02. The molecule has 0 aliphatic heterocycles. The summed E-state index contributed by atoms with van der Waals surface area (Å²) >= 11 is 0. The molecule has 0 unspecified atom stereocenters. The van der Waals surface area contributed by atoms with Crippen molar-refractivity contribution < 1.29 is 5.11 Å². The molecule has 0 bridgehead atoms. The molecule has 1 aromatic carbocycles. The van der Waals surface area contributed by atoms with E-state index in [1.165, 1.54) is 5.56 Å². The van der Waals surface area contributed by atoms with Crippen LogP contribution in [0.3, 0.4) is 0 Å². The molecule has 0 fully saturated rings. The Hall–Kier alpha value is -1.77. The Morgan fingerprint density at radius 2 is 1.81 bits per heavy atom. The first-order valence-corrected chi connectivity index (χ1v) is 5.47. The Morgan fingerprint density at radius 3 is 2.31 bits per heavy atom. The Kier molecular flexibility index (Phi) is 2.69. The molecule has 3 heteroatoms. The highest BCUT2D eigenvalue weighted by Gasteiger charge is 2.14. The van der Waals surface area contributed by atoms with Crippen LogP contribution in [0.5, 0.6) is 5.88 Å². The minimum absolute atomic E-state index is 0.254. The van der Waals surface area contributed by atoms with E-state index in [1.54, 1.807) is 4.68 Å². The highest BCUT2D eigenvalue weighted by Crippen LogP contribution is 2.32. The molecular weight excluding hydrogens is 200 g/mol. The molecule has 0 spiro atoms. The number of aromatic nitrogens is 2. The van der Waals surface area contributed by atoms with Gasteiger partial charge in [0.15, 0.2) is 0 Å². The molecule has 2 aromatic rings. The Labute approximate surface area is 95.3 Å². The smallest absolute Gasteiger partial charge is 0.217 e. The molecule has 0 saturated carbocycles. The number of hydrogen-bond donors (Lipinski definition) is 1. The molecule has 3 nitrogen and oxygen atoms in total. The van der Waals surface area contributed by atoms with Crippen LogP contribution in [0.15, 0.2) is 24.3 Å². The zero-order chi connectivity index (χ0) is 11.7. The lowest BCUT2D eigenvalue weighted by Crippen LogP contribution is -1.95. The van der Waals surface area contributed by atoms with E-state index in [2.05, 4.69) is 5.10 Å². The van der Waals surface area contributed by atoms with Crippen LogP contribution in [0.4, 0.5) is 0 Å². The largest absolute Gasteiger partial charge is 0.493 e. The molecule has 16 heavy (non-hydrogen) atoms. The van der Waals surface area contributed by atoms with E-state index in [4.69, 9.17) is 0 Å². The molecule has 1 N–H and O–H groups in total. The number of hydrogen-bond acceptors (Lipinski definition) is 2. The van der Waals surface area contributed by atoms with Gasteiger partial charge in [0.25, 0.3) is 0 Å². The van der Waals surface area contributed by atoms with Crippen molar-refractivity contribution in [3.05, 3.63) is 35.5 Å². The molecule has 0 amide bonds. The predicted molar refractivity (Wildman–Crippen MR) is 64.5 cm³/mol. The van der Waals surface area contributed by atoms with E-state index in [0.717, 1.165) is 16.8 Å². The molecule has 0 aliphatic carbocycles. The van der Waals surface area contributed by atoms with Gasteiger partial charge in [-0.3, -0.25) is 0 Å². The van der Waals surface area contributed by atoms with Crippen LogP contribution < -0.4 is 0 Å². The van der Waals surface area contributed by atoms with Crippen molar-refractivity contribution >= 4 is 0 Å². The second-order valence-electron chi connectivity index (χ2n) is 3.97. The van der Waals surface area contributed by atoms with Crippen molar-refractivity contribution in [3.8, 4) is 17.0 Å². The quantitative estimate of drug-likeness (QED) is 0.838. The van der Waals surface area contributed by atoms with Crippen LogP contribution in [0.2, 0.25) is 0 Å². The average Bonchev–Trinajstić information content (AvgIpc) is 2.56. The van der Waals surface area contributed by atoms with Gasteiger partial charge < -0.3 is 5.11 Å². The van der Waals surface area contributed by atoms with Crippen molar-refractivity contribution in [1.82, 2.24) is 9.78 Å². The lowest BCUT2D eigenvalue weighted by molar-refractivity contribution is 0.406. The second kappa shape index (κ2) is 4.00. The zero-order valence-corrected chi connectivity index (χ0v) is 9.86. The van der Waals surface area contributed by atoms with Crippen LogP contribution in [0.1, 0.15) is 18.2 Å². The summed E-state index contributed by atoms with van der Waals surface area (Å²) in [6.45, 7) is 6.61. The molecule has 0 atom stereocenters. The minimum atomic E-state index is 0.254. The van der Waals surface area contributed by atoms with Crippen molar-refractivity contribution in [2.45, 2.75) is 27.3 Å². The Bertz CT molecular complexity index is 497. The van der Waals surface area contributed by atoms with Crippen LogP contribution >= 0.6 is 0 Å². The summed E-state index contributed by atoms with van der Waals surface area (Å²) in [5.41, 5.74) is 3.93. The van der Waals surface area contributed by atoms with Crippen molar-refractivity contribution in [3.63, 3.8) is 0 Å². The van der Waals surface area contributed by atoms with Crippen molar-refractivity contribution in [1.29, 1.82) is 0 Å². The van der Waals surface area contributed by atoms with E-state index >= 15 is 0 Å². The Morgan fingerprint density at radius 1 is 1.19 bits per heavy atom. The maximum Gasteiger partial charge on any atom is 0.217 e. The van der Waals surface area contributed by atoms with Gasteiger partial charge in [-0.15, -0.1) is 0 Å². The third-order valence-corrected chi connectivity index (χ3v) is 2.74. The van der Waals surface area contributed by atoms with Gasteiger partial charge in [-0.1, -0.05) is 29.8 Å². The minimum Gasteiger partial charge on any atom is -0.493 e. The zero-order valence-electron chi connectivity index (χ0n) is 9.86. The summed E-state index contributed by atoms with van der Waals surface area (Å²) in [6, 6.07) is 8.10. The SMILES string of the molecule is CCn1nc(C)c(-c2ccc(C)cc2)c1O. The van der Waals surface area contributed by atoms with Gasteiger partial charge >= 0.3 is 0 Å². The fraction of sp³-hybridized carbons (Fsp3) is 0.308. The van der Waals surface area contributed by atoms with E-state index in [9.17, 15) is 5.11 Å².